The number of hydrogen-bond donors (Lipinski definition) is 2. The summed E-state index contributed by atoms with van der Waals surface area (Å²) < 4.78 is 0. The SMILES string of the molecule is CC1CCN(c2ccc(N=Cc3c(O)[nH]c4ccccc34)cc2)CC1. The van der Waals surface area contributed by atoms with Crippen LogP contribution in [-0.4, -0.2) is 29.4 Å². The first-order valence-electron chi connectivity index (χ1n) is 8.89. The number of aromatic amines is 1. The monoisotopic (exact) mass is 333 g/mol. The molecule has 1 fully saturated rings. The lowest BCUT2D eigenvalue weighted by Crippen LogP contribution is -2.32. The lowest BCUT2D eigenvalue weighted by Gasteiger charge is -2.32. The molecule has 0 amide bonds. The molecule has 1 saturated heterocycles. The molecular formula is C21H23N3O. The molecule has 1 aliphatic heterocycles. The van der Waals surface area contributed by atoms with Crippen molar-refractivity contribution in [2.75, 3.05) is 18.0 Å². The van der Waals surface area contributed by atoms with Crippen molar-refractivity contribution in [3.63, 3.8) is 0 Å². The van der Waals surface area contributed by atoms with Crippen LogP contribution in [0, 0.1) is 5.92 Å². The highest BCUT2D eigenvalue weighted by molar-refractivity contribution is 6.02. The van der Waals surface area contributed by atoms with E-state index in [9.17, 15) is 5.11 Å². The summed E-state index contributed by atoms with van der Waals surface area (Å²) in [5.74, 6) is 0.994. The number of aliphatic imine (C=N–C) groups is 1. The quantitative estimate of drug-likeness (QED) is 0.673. The summed E-state index contributed by atoms with van der Waals surface area (Å²) in [6.07, 6.45) is 4.26. The number of fused-ring (bicyclic) bond motifs is 1. The van der Waals surface area contributed by atoms with Crippen molar-refractivity contribution in [2.45, 2.75) is 19.8 Å². The minimum atomic E-state index is 0.156. The Morgan fingerprint density at radius 1 is 1.08 bits per heavy atom. The molecule has 3 aromatic rings. The molecular weight excluding hydrogens is 310 g/mol. The van der Waals surface area contributed by atoms with Gasteiger partial charge >= 0.3 is 0 Å². The van der Waals surface area contributed by atoms with Crippen LogP contribution in [-0.2, 0) is 0 Å². The number of aromatic nitrogens is 1. The first-order valence-corrected chi connectivity index (χ1v) is 8.89. The van der Waals surface area contributed by atoms with Crippen molar-refractivity contribution in [3.8, 4) is 5.88 Å². The maximum atomic E-state index is 10.1. The van der Waals surface area contributed by atoms with Gasteiger partial charge in [-0.05, 0) is 49.1 Å². The third-order valence-corrected chi connectivity index (χ3v) is 5.07. The molecule has 2 heterocycles. The number of nitrogens with zero attached hydrogens (tertiary/aromatic N) is 2. The number of hydrogen-bond acceptors (Lipinski definition) is 3. The van der Waals surface area contributed by atoms with Crippen LogP contribution in [0.4, 0.5) is 11.4 Å². The number of piperidine rings is 1. The minimum Gasteiger partial charge on any atom is -0.494 e. The van der Waals surface area contributed by atoms with Gasteiger partial charge in [0.2, 0.25) is 0 Å². The molecule has 128 valence electrons. The molecule has 4 rings (SSSR count). The highest BCUT2D eigenvalue weighted by Gasteiger charge is 2.15. The van der Waals surface area contributed by atoms with E-state index < -0.39 is 0 Å². The fraction of sp³-hybridized carbons (Fsp3) is 0.286. The van der Waals surface area contributed by atoms with Crippen LogP contribution >= 0.6 is 0 Å². The summed E-state index contributed by atoms with van der Waals surface area (Å²) >= 11 is 0. The maximum absolute atomic E-state index is 10.1. The van der Waals surface area contributed by atoms with E-state index in [-0.39, 0.29) is 5.88 Å². The Morgan fingerprint density at radius 3 is 2.56 bits per heavy atom. The Hall–Kier alpha value is -2.75. The lowest BCUT2D eigenvalue weighted by atomic mass is 9.99. The standard InChI is InChI=1S/C21H23N3O/c1-15-10-12-24(13-11-15)17-8-6-16(7-9-17)22-14-19-18-4-2-3-5-20(18)23-21(19)25/h2-9,14-15,23,25H,10-13H2,1H3. The van der Waals surface area contributed by atoms with Crippen LogP contribution in [0.1, 0.15) is 25.3 Å². The fourth-order valence-corrected chi connectivity index (χ4v) is 3.44. The van der Waals surface area contributed by atoms with E-state index in [1.807, 2.05) is 36.4 Å². The Morgan fingerprint density at radius 2 is 1.80 bits per heavy atom. The zero-order valence-corrected chi connectivity index (χ0v) is 14.4. The summed E-state index contributed by atoms with van der Waals surface area (Å²) in [5.41, 5.74) is 3.79. The molecule has 1 aromatic heterocycles. The van der Waals surface area contributed by atoms with Gasteiger partial charge in [0.05, 0.1) is 11.3 Å². The Kier molecular flexibility index (Phi) is 4.18. The van der Waals surface area contributed by atoms with Gasteiger partial charge in [-0.1, -0.05) is 25.1 Å². The van der Waals surface area contributed by atoms with E-state index in [0.29, 0.717) is 0 Å². The summed E-state index contributed by atoms with van der Waals surface area (Å²) in [6, 6.07) is 16.2. The van der Waals surface area contributed by atoms with Crippen LogP contribution in [0.2, 0.25) is 0 Å². The van der Waals surface area contributed by atoms with E-state index in [1.54, 1.807) is 6.21 Å². The predicted octanol–water partition coefficient (Wildman–Crippen LogP) is 4.86. The van der Waals surface area contributed by atoms with Gasteiger partial charge in [0, 0.05) is 35.9 Å². The Labute approximate surface area is 147 Å². The molecule has 2 N–H and O–H groups in total. The predicted molar refractivity (Wildman–Crippen MR) is 104 cm³/mol. The second-order valence-electron chi connectivity index (χ2n) is 6.88. The van der Waals surface area contributed by atoms with Crippen LogP contribution < -0.4 is 4.90 Å². The summed E-state index contributed by atoms with van der Waals surface area (Å²) in [6.45, 7) is 4.59. The van der Waals surface area contributed by atoms with Crippen LogP contribution in [0.15, 0.2) is 53.5 Å². The normalized spacial score (nSPS) is 16.1. The number of aromatic hydroxyl groups is 1. The van der Waals surface area contributed by atoms with Gasteiger partial charge < -0.3 is 15.0 Å². The van der Waals surface area contributed by atoms with E-state index >= 15 is 0 Å². The van der Waals surface area contributed by atoms with Gasteiger partial charge in [-0.25, -0.2) is 0 Å². The van der Waals surface area contributed by atoms with Crippen molar-refractivity contribution in [1.29, 1.82) is 0 Å². The molecule has 1 aliphatic rings. The van der Waals surface area contributed by atoms with E-state index in [1.165, 1.54) is 18.5 Å². The van der Waals surface area contributed by atoms with E-state index in [4.69, 9.17) is 0 Å². The first kappa shape index (κ1) is 15.8. The average Bonchev–Trinajstić information content (AvgIpc) is 2.96. The molecule has 0 saturated carbocycles. The van der Waals surface area contributed by atoms with E-state index in [2.05, 4.69) is 33.9 Å². The minimum absolute atomic E-state index is 0.156. The van der Waals surface area contributed by atoms with Gasteiger partial charge in [-0.2, -0.15) is 0 Å². The van der Waals surface area contributed by atoms with Crippen molar-refractivity contribution >= 4 is 28.5 Å². The zero-order valence-electron chi connectivity index (χ0n) is 14.4. The largest absolute Gasteiger partial charge is 0.494 e. The van der Waals surface area contributed by atoms with Crippen molar-refractivity contribution < 1.29 is 5.11 Å². The molecule has 0 atom stereocenters. The van der Waals surface area contributed by atoms with Crippen LogP contribution in [0.3, 0.4) is 0 Å². The number of benzene rings is 2. The van der Waals surface area contributed by atoms with E-state index in [0.717, 1.165) is 41.2 Å². The zero-order chi connectivity index (χ0) is 17.2. The second kappa shape index (κ2) is 6.63. The molecule has 4 nitrogen and oxygen atoms in total. The summed E-state index contributed by atoms with van der Waals surface area (Å²) in [4.78, 5) is 9.95. The molecule has 0 spiro atoms. The fourth-order valence-electron chi connectivity index (χ4n) is 3.44. The van der Waals surface area contributed by atoms with Crippen molar-refractivity contribution in [2.24, 2.45) is 10.9 Å². The van der Waals surface area contributed by atoms with Gasteiger partial charge in [-0.3, -0.25) is 4.99 Å². The third kappa shape index (κ3) is 3.25. The molecule has 2 aromatic carbocycles. The molecule has 0 radical (unpaired) electrons. The Balaban J connectivity index is 1.52. The first-order chi connectivity index (χ1) is 12.2. The highest BCUT2D eigenvalue weighted by atomic mass is 16.3. The molecule has 4 heteroatoms. The van der Waals surface area contributed by atoms with Gasteiger partial charge in [-0.15, -0.1) is 0 Å². The van der Waals surface area contributed by atoms with Gasteiger partial charge in [0.25, 0.3) is 0 Å². The summed E-state index contributed by atoms with van der Waals surface area (Å²) in [5, 5.41) is 11.1. The van der Waals surface area contributed by atoms with Gasteiger partial charge in [0.15, 0.2) is 5.88 Å². The van der Waals surface area contributed by atoms with Crippen molar-refractivity contribution in [1.82, 2.24) is 4.98 Å². The molecule has 0 bridgehead atoms. The maximum Gasteiger partial charge on any atom is 0.198 e. The Bertz CT molecular complexity index is 887. The number of para-hydroxylation sites is 1. The van der Waals surface area contributed by atoms with Crippen LogP contribution in [0.5, 0.6) is 5.88 Å². The smallest absolute Gasteiger partial charge is 0.198 e. The third-order valence-electron chi connectivity index (χ3n) is 5.07. The van der Waals surface area contributed by atoms with Crippen LogP contribution in [0.25, 0.3) is 10.9 Å². The second-order valence-corrected chi connectivity index (χ2v) is 6.88. The number of nitrogens with one attached hydrogen (secondary N) is 1. The van der Waals surface area contributed by atoms with Crippen molar-refractivity contribution in [3.05, 3.63) is 54.1 Å². The topological polar surface area (TPSA) is 51.6 Å². The molecule has 25 heavy (non-hydrogen) atoms. The molecule has 0 unspecified atom stereocenters. The number of rotatable bonds is 3. The van der Waals surface area contributed by atoms with Gasteiger partial charge in [0.1, 0.15) is 0 Å². The number of H-pyrrole nitrogens is 1. The molecule has 0 aliphatic carbocycles. The lowest BCUT2D eigenvalue weighted by molar-refractivity contribution is 0.438. The number of anilines is 1. The summed E-state index contributed by atoms with van der Waals surface area (Å²) in [7, 11) is 0. The highest BCUT2D eigenvalue weighted by Crippen LogP contribution is 2.27. The average molecular weight is 333 g/mol.